The summed E-state index contributed by atoms with van der Waals surface area (Å²) in [5.41, 5.74) is -0.764. The Bertz CT molecular complexity index is 478. The van der Waals surface area contributed by atoms with E-state index in [1.807, 2.05) is 0 Å². The van der Waals surface area contributed by atoms with Crippen LogP contribution in [-0.4, -0.2) is 72.2 Å². The highest BCUT2D eigenvalue weighted by Crippen LogP contribution is 2.36. The van der Waals surface area contributed by atoms with Gasteiger partial charge in [-0.2, -0.15) is 26.3 Å². The number of rotatable bonds is 1. The molecular formula is C13H18F6N2O4. The van der Waals surface area contributed by atoms with Crippen LogP contribution in [0.25, 0.3) is 0 Å². The van der Waals surface area contributed by atoms with E-state index >= 15 is 0 Å². The van der Waals surface area contributed by atoms with E-state index in [2.05, 4.69) is 4.74 Å². The second kappa shape index (κ2) is 7.16. The highest BCUT2D eigenvalue weighted by Gasteiger charge is 2.60. The molecule has 25 heavy (non-hydrogen) atoms. The first-order valence-electron chi connectivity index (χ1n) is 7.18. The van der Waals surface area contributed by atoms with Crippen molar-refractivity contribution in [1.29, 1.82) is 0 Å². The standard InChI is InChI=1S/C13H18F6N2O4/c1-11(2,3)25-10(23)21-6-4-20(5-7-21)9(22)24-8(12(14,15)16)13(17,18)19/h8H,4-7H2,1-3H3. The molecule has 0 radical (unpaired) electrons. The Morgan fingerprint density at radius 2 is 1.16 bits per heavy atom. The van der Waals surface area contributed by atoms with E-state index in [4.69, 9.17) is 4.74 Å². The van der Waals surface area contributed by atoms with E-state index in [1.165, 1.54) is 4.90 Å². The fourth-order valence-electron chi connectivity index (χ4n) is 1.89. The van der Waals surface area contributed by atoms with E-state index < -0.39 is 36.2 Å². The van der Waals surface area contributed by atoms with Crippen LogP contribution in [0.1, 0.15) is 20.8 Å². The van der Waals surface area contributed by atoms with Crippen LogP contribution in [0.5, 0.6) is 0 Å². The van der Waals surface area contributed by atoms with Crippen molar-refractivity contribution < 1.29 is 45.4 Å². The van der Waals surface area contributed by atoms with Gasteiger partial charge < -0.3 is 19.3 Å². The maximum Gasteiger partial charge on any atom is 0.434 e. The number of nitrogens with zero attached hydrogens (tertiary/aromatic N) is 2. The van der Waals surface area contributed by atoms with Crippen LogP contribution in [0.15, 0.2) is 0 Å². The topological polar surface area (TPSA) is 59.1 Å². The van der Waals surface area contributed by atoms with Gasteiger partial charge in [0.2, 0.25) is 0 Å². The van der Waals surface area contributed by atoms with E-state index in [1.54, 1.807) is 20.8 Å². The number of amides is 2. The van der Waals surface area contributed by atoms with Crippen molar-refractivity contribution in [2.24, 2.45) is 0 Å². The van der Waals surface area contributed by atoms with Crippen LogP contribution in [-0.2, 0) is 9.47 Å². The Labute approximate surface area is 139 Å². The van der Waals surface area contributed by atoms with Gasteiger partial charge in [-0.15, -0.1) is 0 Å². The SMILES string of the molecule is CC(C)(C)OC(=O)N1CCN(C(=O)OC(C(F)(F)F)C(F)(F)F)CC1. The minimum atomic E-state index is -5.77. The monoisotopic (exact) mass is 380 g/mol. The molecule has 1 rings (SSSR count). The summed E-state index contributed by atoms with van der Waals surface area (Å²) in [4.78, 5) is 25.2. The van der Waals surface area contributed by atoms with Crippen molar-refractivity contribution in [3.8, 4) is 0 Å². The number of carbonyl (C=O) groups excluding carboxylic acids is 2. The minimum absolute atomic E-state index is 0.104. The molecule has 0 N–H and O–H groups in total. The van der Waals surface area contributed by atoms with E-state index in [0.29, 0.717) is 4.90 Å². The third kappa shape index (κ3) is 6.50. The van der Waals surface area contributed by atoms with Gasteiger partial charge in [0, 0.05) is 26.2 Å². The smallest absolute Gasteiger partial charge is 0.434 e. The zero-order valence-corrected chi connectivity index (χ0v) is 13.7. The summed E-state index contributed by atoms with van der Waals surface area (Å²) in [5.74, 6) is 0. The van der Waals surface area contributed by atoms with Gasteiger partial charge in [0.25, 0.3) is 6.10 Å². The van der Waals surface area contributed by atoms with Gasteiger partial charge in [0.05, 0.1) is 0 Å². The molecule has 1 aliphatic rings. The second-order valence-electron chi connectivity index (χ2n) is 6.30. The van der Waals surface area contributed by atoms with Crippen molar-refractivity contribution in [3.63, 3.8) is 0 Å². The molecule has 1 saturated heterocycles. The largest absolute Gasteiger partial charge is 0.444 e. The average molecular weight is 380 g/mol. The van der Waals surface area contributed by atoms with Crippen molar-refractivity contribution in [2.45, 2.75) is 44.8 Å². The van der Waals surface area contributed by atoms with Gasteiger partial charge in [0.15, 0.2) is 0 Å². The summed E-state index contributed by atoms with van der Waals surface area (Å²) in [6.07, 6.45) is -18.2. The Morgan fingerprint density at radius 3 is 1.48 bits per heavy atom. The van der Waals surface area contributed by atoms with Crippen LogP contribution in [0, 0.1) is 0 Å². The first kappa shape index (κ1) is 21.2. The minimum Gasteiger partial charge on any atom is -0.444 e. The fraction of sp³-hybridized carbons (Fsp3) is 0.846. The number of hydrogen-bond donors (Lipinski definition) is 0. The summed E-state index contributed by atoms with van der Waals surface area (Å²) >= 11 is 0. The predicted octanol–water partition coefficient (Wildman–Crippen LogP) is 3.17. The quantitative estimate of drug-likeness (QED) is 0.656. The van der Waals surface area contributed by atoms with Crippen LogP contribution in [0.3, 0.4) is 0 Å². The van der Waals surface area contributed by atoms with E-state index in [9.17, 15) is 35.9 Å². The highest BCUT2D eigenvalue weighted by molar-refractivity contribution is 5.70. The van der Waals surface area contributed by atoms with Crippen LogP contribution in [0.4, 0.5) is 35.9 Å². The summed E-state index contributed by atoms with van der Waals surface area (Å²) < 4.78 is 83.0. The Hall–Kier alpha value is -1.88. The molecule has 0 unspecified atom stereocenters. The number of ether oxygens (including phenoxy) is 2. The normalized spacial score (nSPS) is 16.9. The van der Waals surface area contributed by atoms with Gasteiger partial charge >= 0.3 is 24.5 Å². The summed E-state index contributed by atoms with van der Waals surface area (Å²) in [5, 5.41) is 0. The molecule has 1 heterocycles. The molecule has 0 bridgehead atoms. The molecule has 6 nitrogen and oxygen atoms in total. The molecule has 0 saturated carbocycles. The van der Waals surface area contributed by atoms with Crippen molar-refractivity contribution in [2.75, 3.05) is 26.2 Å². The molecule has 1 aliphatic heterocycles. The van der Waals surface area contributed by atoms with Gasteiger partial charge in [-0.1, -0.05) is 0 Å². The lowest BCUT2D eigenvalue weighted by molar-refractivity contribution is -0.308. The maximum atomic E-state index is 12.4. The molecule has 0 aromatic heterocycles. The Balaban J connectivity index is 2.62. The Morgan fingerprint density at radius 1 is 0.800 bits per heavy atom. The van der Waals surface area contributed by atoms with E-state index in [0.717, 1.165) is 0 Å². The molecular weight excluding hydrogens is 362 g/mol. The first-order valence-corrected chi connectivity index (χ1v) is 7.18. The molecule has 0 atom stereocenters. The number of hydrogen-bond acceptors (Lipinski definition) is 4. The summed E-state index contributed by atoms with van der Waals surface area (Å²) in [6, 6.07) is 0. The van der Waals surface area contributed by atoms with Crippen LogP contribution in [0.2, 0.25) is 0 Å². The zero-order valence-electron chi connectivity index (χ0n) is 13.7. The number of piperazine rings is 1. The van der Waals surface area contributed by atoms with Crippen molar-refractivity contribution in [1.82, 2.24) is 9.80 Å². The van der Waals surface area contributed by atoms with Gasteiger partial charge in [-0.05, 0) is 20.8 Å². The fourth-order valence-corrected chi connectivity index (χ4v) is 1.89. The van der Waals surface area contributed by atoms with Crippen molar-refractivity contribution in [3.05, 3.63) is 0 Å². The Kier molecular flexibility index (Phi) is 6.06. The summed E-state index contributed by atoms with van der Waals surface area (Å²) in [7, 11) is 0. The first-order chi connectivity index (χ1) is 11.1. The van der Waals surface area contributed by atoms with E-state index in [-0.39, 0.29) is 26.2 Å². The lowest BCUT2D eigenvalue weighted by Crippen LogP contribution is -2.54. The highest BCUT2D eigenvalue weighted by atomic mass is 19.4. The van der Waals surface area contributed by atoms with Crippen molar-refractivity contribution >= 4 is 12.2 Å². The van der Waals surface area contributed by atoms with Gasteiger partial charge in [-0.3, -0.25) is 0 Å². The molecule has 2 amide bonds. The second-order valence-corrected chi connectivity index (χ2v) is 6.30. The molecule has 0 aromatic carbocycles. The third-order valence-electron chi connectivity index (χ3n) is 3.00. The predicted molar refractivity (Wildman–Crippen MR) is 71.8 cm³/mol. The molecule has 0 aromatic rings. The average Bonchev–Trinajstić information content (AvgIpc) is 2.40. The molecule has 0 spiro atoms. The number of carbonyl (C=O) groups is 2. The molecule has 12 heteroatoms. The zero-order chi connectivity index (χ0) is 19.6. The molecule has 0 aliphatic carbocycles. The molecule has 146 valence electrons. The lowest BCUT2D eigenvalue weighted by Gasteiger charge is -2.35. The third-order valence-corrected chi connectivity index (χ3v) is 3.00. The maximum absolute atomic E-state index is 12.4. The van der Waals surface area contributed by atoms with Gasteiger partial charge in [-0.25, -0.2) is 9.59 Å². The van der Waals surface area contributed by atoms with Gasteiger partial charge in [0.1, 0.15) is 5.60 Å². The lowest BCUT2D eigenvalue weighted by atomic mass is 10.2. The van der Waals surface area contributed by atoms with Crippen LogP contribution < -0.4 is 0 Å². The molecule has 1 fully saturated rings. The van der Waals surface area contributed by atoms with Crippen LogP contribution >= 0.6 is 0 Å². The number of halogens is 6. The summed E-state index contributed by atoms with van der Waals surface area (Å²) in [6.45, 7) is 4.13. The number of alkyl halides is 6.